The van der Waals surface area contributed by atoms with Gasteiger partial charge in [-0.25, -0.2) is 0 Å². The summed E-state index contributed by atoms with van der Waals surface area (Å²) in [5.74, 6) is 1.34. The van der Waals surface area contributed by atoms with Crippen LogP contribution in [0.25, 0.3) is 5.57 Å². The zero-order valence-electron chi connectivity index (χ0n) is 18.5. The number of benzene rings is 2. The third kappa shape index (κ3) is 5.35. The Labute approximate surface area is 179 Å². The third-order valence-corrected chi connectivity index (χ3v) is 5.44. The van der Waals surface area contributed by atoms with Gasteiger partial charge < -0.3 is 19.7 Å². The topological polar surface area (TPSA) is 50.8 Å². The smallest absolute Gasteiger partial charge is 0.253 e. The zero-order chi connectivity index (χ0) is 21.5. The Morgan fingerprint density at radius 1 is 1.00 bits per heavy atom. The highest BCUT2D eigenvalue weighted by molar-refractivity contribution is 6.19. The molecule has 3 rings (SSSR count). The normalized spacial score (nSPS) is 13.4. The van der Waals surface area contributed by atoms with Crippen molar-refractivity contribution in [2.45, 2.75) is 32.1 Å². The molecular formula is C25H32N2O3. The second kappa shape index (κ2) is 10.2. The van der Waals surface area contributed by atoms with Gasteiger partial charge in [0.15, 0.2) is 11.5 Å². The van der Waals surface area contributed by atoms with Gasteiger partial charge in [-0.2, -0.15) is 0 Å². The molecule has 30 heavy (non-hydrogen) atoms. The molecule has 5 heteroatoms. The number of hydrogen-bond acceptors (Lipinski definition) is 4. The maximum Gasteiger partial charge on any atom is 0.253 e. The Morgan fingerprint density at radius 3 is 2.43 bits per heavy atom. The Kier molecular flexibility index (Phi) is 7.39. The Balaban J connectivity index is 1.69. The maximum absolute atomic E-state index is 13.0. The highest BCUT2D eigenvalue weighted by Crippen LogP contribution is 2.28. The van der Waals surface area contributed by atoms with E-state index in [1.165, 1.54) is 24.0 Å². The van der Waals surface area contributed by atoms with Crippen LogP contribution in [0.4, 0.5) is 0 Å². The average molecular weight is 409 g/mol. The molecule has 2 aromatic carbocycles. The summed E-state index contributed by atoms with van der Waals surface area (Å²) >= 11 is 0. The Bertz CT molecular complexity index is 919. The number of ether oxygens (including phenoxy) is 2. The molecule has 2 aromatic rings. The fourth-order valence-electron chi connectivity index (χ4n) is 3.88. The lowest BCUT2D eigenvalue weighted by atomic mass is 9.89. The first kappa shape index (κ1) is 21.8. The summed E-state index contributed by atoms with van der Waals surface area (Å²) in [4.78, 5) is 14.9. The number of hydrogen-bond donors (Lipinski definition) is 1. The lowest BCUT2D eigenvalue weighted by Crippen LogP contribution is -2.27. The number of nitrogens with zero attached hydrogens (tertiary/aromatic N) is 1. The summed E-state index contributed by atoms with van der Waals surface area (Å²) in [5, 5.41) is 3.08. The minimum absolute atomic E-state index is 0.0556. The first-order valence-corrected chi connectivity index (χ1v) is 10.5. The van der Waals surface area contributed by atoms with E-state index in [9.17, 15) is 4.79 Å². The van der Waals surface area contributed by atoms with Gasteiger partial charge in [-0.1, -0.05) is 24.3 Å². The molecule has 1 N–H and O–H groups in total. The summed E-state index contributed by atoms with van der Waals surface area (Å²) in [6.45, 7) is 0.546. The number of aryl methyl sites for hydroxylation is 2. The molecule has 1 aliphatic rings. The molecule has 0 fully saturated rings. The number of nitrogens with one attached hydrogen (secondary N) is 1. The fraction of sp³-hybridized carbons (Fsp3) is 0.400. The van der Waals surface area contributed by atoms with Gasteiger partial charge in [0, 0.05) is 26.8 Å². The lowest BCUT2D eigenvalue weighted by molar-refractivity contribution is -0.115. The minimum atomic E-state index is -0.0556. The summed E-state index contributed by atoms with van der Waals surface area (Å²) in [6, 6.07) is 12.3. The van der Waals surface area contributed by atoms with E-state index < -0.39 is 0 Å². The molecule has 1 amide bonds. The molecule has 5 nitrogen and oxygen atoms in total. The first-order chi connectivity index (χ1) is 14.5. The minimum Gasteiger partial charge on any atom is -0.493 e. The van der Waals surface area contributed by atoms with Crippen LogP contribution in [0, 0.1) is 0 Å². The molecule has 0 heterocycles. The molecule has 0 saturated heterocycles. The molecular weight excluding hydrogens is 376 g/mol. The van der Waals surface area contributed by atoms with Crippen LogP contribution in [0.3, 0.4) is 0 Å². The second-order valence-electron chi connectivity index (χ2n) is 7.89. The Morgan fingerprint density at radius 2 is 1.73 bits per heavy atom. The van der Waals surface area contributed by atoms with Gasteiger partial charge >= 0.3 is 0 Å². The van der Waals surface area contributed by atoms with Crippen LogP contribution in [0.1, 0.15) is 35.1 Å². The number of amides is 1. The molecule has 1 aliphatic carbocycles. The molecule has 160 valence electrons. The molecule has 0 radical (unpaired) electrons. The molecule has 0 aromatic heterocycles. The molecule has 0 atom stereocenters. The van der Waals surface area contributed by atoms with Crippen LogP contribution in [-0.4, -0.2) is 45.7 Å². The van der Waals surface area contributed by atoms with Gasteiger partial charge in [0.2, 0.25) is 0 Å². The number of fused-ring (bicyclic) bond motifs is 1. The second-order valence-corrected chi connectivity index (χ2v) is 7.89. The predicted molar refractivity (Wildman–Crippen MR) is 121 cm³/mol. The Hall–Kier alpha value is -2.95. The van der Waals surface area contributed by atoms with E-state index in [1.54, 1.807) is 14.2 Å². The number of carbonyl (C=O) groups excluding carboxylic acids is 1. The largest absolute Gasteiger partial charge is 0.493 e. The molecule has 0 spiro atoms. The van der Waals surface area contributed by atoms with Crippen molar-refractivity contribution in [2.24, 2.45) is 0 Å². The van der Waals surface area contributed by atoms with Crippen LogP contribution in [0.15, 0.2) is 42.6 Å². The molecule has 0 bridgehead atoms. The number of carbonyl (C=O) groups is 1. The van der Waals surface area contributed by atoms with Gasteiger partial charge in [-0.15, -0.1) is 0 Å². The van der Waals surface area contributed by atoms with Crippen molar-refractivity contribution in [2.75, 3.05) is 34.9 Å². The maximum atomic E-state index is 13.0. The van der Waals surface area contributed by atoms with Gasteiger partial charge in [0.25, 0.3) is 5.91 Å². The first-order valence-electron chi connectivity index (χ1n) is 10.5. The van der Waals surface area contributed by atoms with E-state index in [-0.39, 0.29) is 5.91 Å². The summed E-state index contributed by atoms with van der Waals surface area (Å²) in [5.41, 5.74) is 5.55. The SMILES string of the molecule is COc1ccc(CCNC(=O)C(=CN(C)C)c2ccc3c(c2)CCCC3)cc1OC. The lowest BCUT2D eigenvalue weighted by Gasteiger charge is -2.18. The number of methoxy groups -OCH3 is 2. The van der Waals surface area contributed by atoms with Gasteiger partial charge in [0.05, 0.1) is 19.8 Å². The van der Waals surface area contributed by atoms with Crippen molar-refractivity contribution >= 4 is 11.5 Å². The number of rotatable bonds is 8. The van der Waals surface area contributed by atoms with Crippen molar-refractivity contribution in [1.82, 2.24) is 10.2 Å². The predicted octanol–water partition coefficient (Wildman–Crippen LogP) is 3.84. The zero-order valence-corrected chi connectivity index (χ0v) is 18.5. The van der Waals surface area contributed by atoms with Gasteiger partial charge in [-0.3, -0.25) is 4.79 Å². The van der Waals surface area contributed by atoms with E-state index in [0.29, 0.717) is 30.0 Å². The van der Waals surface area contributed by atoms with E-state index in [2.05, 4.69) is 23.5 Å². The monoisotopic (exact) mass is 408 g/mol. The summed E-state index contributed by atoms with van der Waals surface area (Å²) in [6.07, 6.45) is 7.32. The van der Waals surface area contributed by atoms with Gasteiger partial charge in [0.1, 0.15) is 0 Å². The van der Waals surface area contributed by atoms with E-state index in [1.807, 2.05) is 43.4 Å². The summed E-state index contributed by atoms with van der Waals surface area (Å²) < 4.78 is 10.6. The van der Waals surface area contributed by atoms with Crippen molar-refractivity contribution in [3.05, 3.63) is 64.9 Å². The van der Waals surface area contributed by atoms with E-state index in [4.69, 9.17) is 9.47 Å². The van der Waals surface area contributed by atoms with Crippen LogP contribution < -0.4 is 14.8 Å². The van der Waals surface area contributed by atoms with Crippen LogP contribution >= 0.6 is 0 Å². The molecule has 0 saturated carbocycles. The van der Waals surface area contributed by atoms with Crippen LogP contribution in [0.2, 0.25) is 0 Å². The van der Waals surface area contributed by atoms with Crippen LogP contribution in [0.5, 0.6) is 11.5 Å². The van der Waals surface area contributed by atoms with Crippen LogP contribution in [-0.2, 0) is 24.1 Å². The molecule has 0 aliphatic heterocycles. The van der Waals surface area contributed by atoms with Crippen molar-refractivity contribution in [3.8, 4) is 11.5 Å². The van der Waals surface area contributed by atoms with Crippen molar-refractivity contribution in [1.29, 1.82) is 0 Å². The highest BCUT2D eigenvalue weighted by Gasteiger charge is 2.16. The van der Waals surface area contributed by atoms with Gasteiger partial charge in [-0.05, 0) is 66.5 Å². The van der Waals surface area contributed by atoms with E-state index >= 15 is 0 Å². The quantitative estimate of drug-likeness (QED) is 0.674. The third-order valence-electron chi connectivity index (χ3n) is 5.44. The van der Waals surface area contributed by atoms with E-state index in [0.717, 1.165) is 24.0 Å². The van der Waals surface area contributed by atoms with Crippen molar-refractivity contribution < 1.29 is 14.3 Å². The standard InChI is InChI=1S/C25H32N2O3/c1-27(2)17-22(21-11-10-19-7-5-6-8-20(19)16-21)25(28)26-14-13-18-9-12-23(29-3)24(15-18)30-4/h9-12,15-17H,5-8,13-14H2,1-4H3,(H,26,28). The average Bonchev–Trinajstić information content (AvgIpc) is 2.76. The van der Waals surface area contributed by atoms with Crippen molar-refractivity contribution in [3.63, 3.8) is 0 Å². The molecule has 0 unspecified atom stereocenters. The fourth-order valence-corrected chi connectivity index (χ4v) is 3.88. The summed E-state index contributed by atoms with van der Waals surface area (Å²) in [7, 11) is 7.13. The highest BCUT2D eigenvalue weighted by atomic mass is 16.5.